The molecule has 136 valence electrons. The van der Waals surface area contributed by atoms with E-state index in [1.165, 1.54) is 0 Å². The van der Waals surface area contributed by atoms with Gasteiger partial charge in [-0.15, -0.1) is 11.3 Å². The first-order chi connectivity index (χ1) is 11.7. The molecule has 1 heterocycles. The number of hydrogen-bond donors (Lipinski definition) is 2. The van der Waals surface area contributed by atoms with Crippen molar-refractivity contribution in [1.82, 2.24) is 10.3 Å². The molecule has 6 nitrogen and oxygen atoms in total. The van der Waals surface area contributed by atoms with Crippen molar-refractivity contribution in [2.75, 3.05) is 17.5 Å². The summed E-state index contributed by atoms with van der Waals surface area (Å²) in [6, 6.07) is 5.05. The van der Waals surface area contributed by atoms with Gasteiger partial charge in [0.05, 0.1) is 22.5 Å². The molecular formula is C17H23N3O3S2. The number of unbranched alkanes of at least 4 members (excludes halogenated alkanes) is 1. The van der Waals surface area contributed by atoms with E-state index in [1.807, 2.05) is 19.2 Å². The van der Waals surface area contributed by atoms with Gasteiger partial charge in [0.2, 0.25) is 10.0 Å². The van der Waals surface area contributed by atoms with Crippen LogP contribution < -0.4 is 10.0 Å². The summed E-state index contributed by atoms with van der Waals surface area (Å²) < 4.78 is 25.3. The highest BCUT2D eigenvalue weighted by molar-refractivity contribution is 7.92. The number of aryl methyl sites for hydroxylation is 3. The zero-order chi connectivity index (χ0) is 18.4. The van der Waals surface area contributed by atoms with E-state index in [1.54, 1.807) is 29.5 Å². The topological polar surface area (TPSA) is 88.2 Å². The number of carbonyl (C=O) groups is 1. The molecule has 1 aromatic heterocycles. The first-order valence-corrected chi connectivity index (χ1v) is 10.8. The first-order valence-electron chi connectivity index (χ1n) is 8.02. The van der Waals surface area contributed by atoms with E-state index in [-0.39, 0.29) is 5.91 Å². The van der Waals surface area contributed by atoms with E-state index in [9.17, 15) is 13.2 Å². The predicted molar refractivity (Wildman–Crippen MR) is 102 cm³/mol. The number of hydrogen-bond acceptors (Lipinski definition) is 5. The van der Waals surface area contributed by atoms with Crippen molar-refractivity contribution < 1.29 is 13.2 Å². The predicted octanol–water partition coefficient (Wildman–Crippen LogP) is 2.88. The highest BCUT2D eigenvalue weighted by Gasteiger charge is 2.14. The monoisotopic (exact) mass is 381 g/mol. The Morgan fingerprint density at radius 3 is 2.64 bits per heavy atom. The summed E-state index contributed by atoms with van der Waals surface area (Å²) in [5.41, 5.74) is 2.56. The molecular weight excluding hydrogens is 358 g/mol. The van der Waals surface area contributed by atoms with Gasteiger partial charge in [-0.25, -0.2) is 13.4 Å². The van der Waals surface area contributed by atoms with Crippen molar-refractivity contribution in [3.05, 3.63) is 45.4 Å². The lowest BCUT2D eigenvalue weighted by Gasteiger charge is -2.12. The Labute approximate surface area is 152 Å². The van der Waals surface area contributed by atoms with Crippen molar-refractivity contribution in [1.29, 1.82) is 0 Å². The Morgan fingerprint density at radius 1 is 1.24 bits per heavy atom. The largest absolute Gasteiger partial charge is 0.352 e. The van der Waals surface area contributed by atoms with Crippen molar-refractivity contribution >= 4 is 33.0 Å². The molecule has 0 aliphatic heterocycles. The van der Waals surface area contributed by atoms with Crippen LogP contribution in [0.25, 0.3) is 0 Å². The maximum atomic E-state index is 12.4. The molecule has 0 unspecified atom stereocenters. The third kappa shape index (κ3) is 6.47. The molecule has 0 radical (unpaired) electrons. The van der Waals surface area contributed by atoms with Gasteiger partial charge in [0, 0.05) is 17.6 Å². The zero-order valence-corrected chi connectivity index (χ0v) is 16.3. The lowest BCUT2D eigenvalue weighted by molar-refractivity contribution is 0.0954. The normalized spacial score (nSPS) is 11.3. The maximum Gasteiger partial charge on any atom is 0.253 e. The minimum Gasteiger partial charge on any atom is -0.352 e. The number of nitrogens with zero attached hydrogens (tertiary/aromatic N) is 1. The molecule has 0 aliphatic rings. The Hall–Kier alpha value is -1.93. The van der Waals surface area contributed by atoms with Gasteiger partial charge in [0.25, 0.3) is 5.91 Å². The van der Waals surface area contributed by atoms with Crippen molar-refractivity contribution in [2.45, 2.75) is 33.1 Å². The molecule has 0 spiro atoms. The van der Waals surface area contributed by atoms with E-state index in [4.69, 9.17) is 0 Å². The second-order valence-corrected chi connectivity index (χ2v) is 8.71. The molecule has 0 fully saturated rings. The molecule has 25 heavy (non-hydrogen) atoms. The number of thiazole rings is 1. The highest BCUT2D eigenvalue weighted by atomic mass is 32.2. The van der Waals surface area contributed by atoms with Gasteiger partial charge in [-0.1, -0.05) is 11.6 Å². The summed E-state index contributed by atoms with van der Waals surface area (Å²) in [6.45, 7) is 4.37. The van der Waals surface area contributed by atoms with Gasteiger partial charge in [-0.05, 0) is 45.2 Å². The van der Waals surface area contributed by atoms with Crippen molar-refractivity contribution in [3.8, 4) is 0 Å². The lowest BCUT2D eigenvalue weighted by Crippen LogP contribution is -2.26. The molecule has 2 aromatic rings. The zero-order valence-electron chi connectivity index (χ0n) is 14.6. The lowest BCUT2D eigenvalue weighted by atomic mass is 10.1. The number of anilines is 1. The quantitative estimate of drug-likeness (QED) is 0.688. The van der Waals surface area contributed by atoms with Crippen molar-refractivity contribution in [2.24, 2.45) is 0 Å². The smallest absolute Gasteiger partial charge is 0.253 e. The second-order valence-electron chi connectivity index (χ2n) is 6.02. The molecule has 2 rings (SSSR count). The maximum absolute atomic E-state index is 12.4. The molecule has 0 bridgehead atoms. The van der Waals surface area contributed by atoms with Gasteiger partial charge in [-0.2, -0.15) is 0 Å². The molecule has 2 N–H and O–H groups in total. The van der Waals surface area contributed by atoms with E-state index in [2.05, 4.69) is 15.0 Å². The number of sulfonamides is 1. The molecule has 1 aromatic carbocycles. The molecule has 8 heteroatoms. The Balaban J connectivity index is 1.88. The molecule has 1 amide bonds. The molecule has 0 saturated carbocycles. The number of amides is 1. The number of aromatic nitrogens is 1. The fourth-order valence-electron chi connectivity index (χ4n) is 2.35. The number of rotatable bonds is 8. The van der Waals surface area contributed by atoms with Gasteiger partial charge in [-0.3, -0.25) is 9.52 Å². The van der Waals surface area contributed by atoms with Crippen LogP contribution in [0, 0.1) is 13.8 Å². The molecule has 0 saturated heterocycles. The van der Waals surface area contributed by atoms with Crippen LogP contribution in [0.1, 0.15) is 39.5 Å². The standard InChI is InChI=1S/C17H23N3O3S2/c1-12-7-8-15(20-25(3,22)23)14(10-12)17(21)18-9-5-4-6-16-19-13(2)11-24-16/h7-8,10-11,20H,4-6,9H2,1-3H3,(H,18,21). The van der Waals surface area contributed by atoms with E-state index in [0.717, 1.165) is 41.8 Å². The van der Waals surface area contributed by atoms with Gasteiger partial charge < -0.3 is 5.32 Å². The Bertz CT molecular complexity index is 845. The molecule has 0 atom stereocenters. The van der Waals surface area contributed by atoms with Crippen molar-refractivity contribution in [3.63, 3.8) is 0 Å². The Kier molecular flexibility index (Phi) is 6.55. The third-order valence-electron chi connectivity index (χ3n) is 3.48. The summed E-state index contributed by atoms with van der Waals surface area (Å²) in [5, 5.41) is 6.00. The van der Waals surface area contributed by atoms with Crippen LogP contribution in [0.15, 0.2) is 23.6 Å². The van der Waals surface area contributed by atoms with Crippen LogP contribution in [0.5, 0.6) is 0 Å². The van der Waals surface area contributed by atoms with Crippen LogP contribution in [0.2, 0.25) is 0 Å². The summed E-state index contributed by atoms with van der Waals surface area (Å²) in [4.78, 5) is 16.8. The number of carbonyl (C=O) groups excluding carboxylic acids is 1. The average molecular weight is 382 g/mol. The summed E-state index contributed by atoms with van der Waals surface area (Å²) in [7, 11) is -3.44. The second kappa shape index (κ2) is 8.44. The third-order valence-corrected chi connectivity index (χ3v) is 5.10. The minimum absolute atomic E-state index is 0.278. The van der Waals surface area contributed by atoms with Gasteiger partial charge in [0.1, 0.15) is 0 Å². The van der Waals surface area contributed by atoms with E-state index in [0.29, 0.717) is 17.8 Å². The number of nitrogens with one attached hydrogen (secondary N) is 2. The van der Waals surface area contributed by atoms with Crippen LogP contribution in [-0.4, -0.2) is 32.1 Å². The Morgan fingerprint density at radius 2 is 2.00 bits per heavy atom. The highest BCUT2D eigenvalue weighted by Crippen LogP contribution is 2.18. The van der Waals surface area contributed by atoms with Gasteiger partial charge >= 0.3 is 0 Å². The van der Waals surface area contributed by atoms with Crippen LogP contribution in [0.3, 0.4) is 0 Å². The van der Waals surface area contributed by atoms with Crippen LogP contribution >= 0.6 is 11.3 Å². The fraction of sp³-hybridized carbons (Fsp3) is 0.412. The summed E-state index contributed by atoms with van der Waals surface area (Å²) in [6.07, 6.45) is 3.75. The number of benzene rings is 1. The summed E-state index contributed by atoms with van der Waals surface area (Å²) >= 11 is 1.66. The van der Waals surface area contributed by atoms with E-state index < -0.39 is 10.0 Å². The summed E-state index contributed by atoms with van der Waals surface area (Å²) in [5.74, 6) is -0.278. The minimum atomic E-state index is -3.44. The van der Waals surface area contributed by atoms with Gasteiger partial charge in [0.15, 0.2) is 0 Å². The molecule has 0 aliphatic carbocycles. The SMILES string of the molecule is Cc1ccc(NS(C)(=O)=O)c(C(=O)NCCCCc2nc(C)cs2)c1. The fourth-order valence-corrected chi connectivity index (χ4v) is 3.75. The van der Waals surface area contributed by atoms with Crippen LogP contribution in [0.4, 0.5) is 5.69 Å². The average Bonchev–Trinajstić information content (AvgIpc) is 2.92. The first kappa shape index (κ1) is 19.4. The van der Waals surface area contributed by atoms with E-state index >= 15 is 0 Å². The van der Waals surface area contributed by atoms with Crippen LogP contribution in [-0.2, 0) is 16.4 Å².